The van der Waals surface area contributed by atoms with Crippen LogP contribution in [-0.2, 0) is 14.8 Å². The Balaban J connectivity index is 1.59. The van der Waals surface area contributed by atoms with Crippen molar-refractivity contribution in [3.63, 3.8) is 0 Å². The van der Waals surface area contributed by atoms with Gasteiger partial charge in [-0.3, -0.25) is 9.52 Å². The minimum Gasteiger partial charge on any atom is -0.497 e. The SMILES string of the molecule is COc1ccc(C(=O)COC(=O)c2ccc(NS(=O)(=O)/C=C/c3ccccc3)cc2)c(OC)c1. The third-order valence-electron chi connectivity index (χ3n) is 4.66. The molecular formula is C25H23NO7S. The van der Waals surface area contributed by atoms with Crippen molar-refractivity contribution >= 4 is 33.5 Å². The summed E-state index contributed by atoms with van der Waals surface area (Å²) in [6.07, 6.45) is 1.48. The zero-order chi connectivity index (χ0) is 24.6. The Morgan fingerprint density at radius 1 is 0.912 bits per heavy atom. The fourth-order valence-electron chi connectivity index (χ4n) is 2.93. The van der Waals surface area contributed by atoms with Gasteiger partial charge in [-0.2, -0.15) is 0 Å². The molecule has 3 aromatic carbocycles. The van der Waals surface area contributed by atoms with Gasteiger partial charge in [-0.05, 0) is 48.0 Å². The number of benzene rings is 3. The molecule has 1 N–H and O–H groups in total. The Morgan fingerprint density at radius 3 is 2.26 bits per heavy atom. The molecule has 0 atom stereocenters. The van der Waals surface area contributed by atoms with Gasteiger partial charge in [0.2, 0.25) is 5.78 Å². The topological polar surface area (TPSA) is 108 Å². The number of rotatable bonds is 10. The summed E-state index contributed by atoms with van der Waals surface area (Å²) in [5, 5.41) is 1.06. The molecule has 0 heterocycles. The van der Waals surface area contributed by atoms with Gasteiger partial charge >= 0.3 is 5.97 Å². The zero-order valence-electron chi connectivity index (χ0n) is 18.6. The average molecular weight is 482 g/mol. The molecular weight excluding hydrogens is 458 g/mol. The summed E-state index contributed by atoms with van der Waals surface area (Å²) >= 11 is 0. The first kappa shape index (κ1) is 24.5. The minimum absolute atomic E-state index is 0.164. The van der Waals surface area contributed by atoms with Crippen molar-refractivity contribution in [2.24, 2.45) is 0 Å². The van der Waals surface area contributed by atoms with Crippen LogP contribution in [0, 0.1) is 0 Å². The molecule has 9 heteroatoms. The second kappa shape index (κ2) is 11.2. The summed E-state index contributed by atoms with van der Waals surface area (Å²) in [6.45, 7) is -0.486. The van der Waals surface area contributed by atoms with Crippen LogP contribution in [0.15, 0.2) is 78.2 Å². The lowest BCUT2D eigenvalue weighted by molar-refractivity contribution is 0.0474. The Morgan fingerprint density at radius 2 is 1.62 bits per heavy atom. The van der Waals surface area contributed by atoms with Crippen molar-refractivity contribution in [1.29, 1.82) is 0 Å². The van der Waals surface area contributed by atoms with Crippen LogP contribution < -0.4 is 14.2 Å². The lowest BCUT2D eigenvalue weighted by Gasteiger charge is -2.10. The van der Waals surface area contributed by atoms with Crippen LogP contribution in [-0.4, -0.2) is 41.0 Å². The summed E-state index contributed by atoms with van der Waals surface area (Å²) in [6, 6.07) is 19.4. The highest BCUT2D eigenvalue weighted by Crippen LogP contribution is 2.25. The molecule has 3 rings (SSSR count). The first-order chi connectivity index (χ1) is 16.3. The van der Waals surface area contributed by atoms with Crippen molar-refractivity contribution in [3.05, 3.63) is 94.9 Å². The molecule has 176 valence electrons. The van der Waals surface area contributed by atoms with Crippen molar-refractivity contribution in [1.82, 2.24) is 0 Å². The molecule has 8 nitrogen and oxygen atoms in total. The van der Waals surface area contributed by atoms with E-state index in [2.05, 4.69) is 4.72 Å². The molecule has 0 aliphatic rings. The molecule has 0 saturated heterocycles. The largest absolute Gasteiger partial charge is 0.497 e. The lowest BCUT2D eigenvalue weighted by atomic mass is 10.1. The van der Waals surface area contributed by atoms with Crippen LogP contribution in [0.4, 0.5) is 5.69 Å². The van der Waals surface area contributed by atoms with Gasteiger partial charge in [0.05, 0.1) is 30.8 Å². The second-order valence-corrected chi connectivity index (χ2v) is 8.57. The molecule has 0 spiro atoms. The number of anilines is 1. The summed E-state index contributed by atoms with van der Waals surface area (Å²) in [4.78, 5) is 24.8. The Labute approximate surface area is 197 Å². The predicted molar refractivity (Wildman–Crippen MR) is 129 cm³/mol. The number of esters is 1. The van der Waals surface area contributed by atoms with E-state index in [1.54, 1.807) is 36.4 Å². The number of ketones is 1. The molecule has 0 unspecified atom stereocenters. The molecule has 3 aromatic rings. The fraction of sp³-hybridized carbons (Fsp3) is 0.120. The van der Waals surface area contributed by atoms with E-state index in [0.717, 1.165) is 11.0 Å². The number of nitrogens with one attached hydrogen (secondary N) is 1. The van der Waals surface area contributed by atoms with Gasteiger partial charge in [-0.25, -0.2) is 13.2 Å². The van der Waals surface area contributed by atoms with Crippen LogP contribution in [0.2, 0.25) is 0 Å². The van der Waals surface area contributed by atoms with E-state index in [0.29, 0.717) is 11.5 Å². The van der Waals surface area contributed by atoms with Gasteiger partial charge in [0.15, 0.2) is 6.61 Å². The highest BCUT2D eigenvalue weighted by Gasteiger charge is 2.16. The van der Waals surface area contributed by atoms with E-state index in [9.17, 15) is 18.0 Å². The molecule has 0 radical (unpaired) electrons. The van der Waals surface area contributed by atoms with Crippen LogP contribution in [0.5, 0.6) is 11.5 Å². The van der Waals surface area contributed by atoms with Crippen molar-refractivity contribution in [2.75, 3.05) is 25.5 Å². The quantitative estimate of drug-likeness (QED) is 0.342. The van der Waals surface area contributed by atoms with Gasteiger partial charge in [0, 0.05) is 11.8 Å². The number of sulfonamides is 1. The fourth-order valence-corrected chi connectivity index (χ4v) is 3.79. The summed E-state index contributed by atoms with van der Waals surface area (Å²) in [5.41, 5.74) is 1.43. The standard InChI is InChI=1S/C25H23NO7S/c1-31-21-12-13-22(24(16-21)32-2)23(27)17-33-25(28)19-8-10-20(11-9-19)26-34(29,30)15-14-18-6-4-3-5-7-18/h3-16,26H,17H2,1-2H3/b15-14+. The van der Waals surface area contributed by atoms with E-state index in [1.807, 2.05) is 6.07 Å². The Kier molecular flexibility index (Phi) is 8.05. The number of carbonyl (C=O) groups is 2. The molecule has 0 aliphatic heterocycles. The van der Waals surface area contributed by atoms with Crippen LogP contribution >= 0.6 is 0 Å². The number of hydrogen-bond acceptors (Lipinski definition) is 7. The number of methoxy groups -OCH3 is 2. The molecule has 0 amide bonds. The van der Waals surface area contributed by atoms with E-state index in [1.165, 1.54) is 50.6 Å². The first-order valence-electron chi connectivity index (χ1n) is 10.1. The van der Waals surface area contributed by atoms with Gasteiger partial charge in [0.25, 0.3) is 10.0 Å². The maximum Gasteiger partial charge on any atom is 0.338 e. The molecule has 34 heavy (non-hydrogen) atoms. The van der Waals surface area contributed by atoms with Gasteiger partial charge in [0.1, 0.15) is 11.5 Å². The maximum absolute atomic E-state index is 12.5. The van der Waals surface area contributed by atoms with Crippen molar-refractivity contribution in [3.8, 4) is 11.5 Å². The minimum atomic E-state index is -3.74. The number of carbonyl (C=O) groups excluding carboxylic acids is 2. The number of hydrogen-bond donors (Lipinski definition) is 1. The van der Waals surface area contributed by atoms with E-state index in [-0.39, 0.29) is 16.8 Å². The molecule has 0 bridgehead atoms. The first-order valence-corrected chi connectivity index (χ1v) is 11.6. The average Bonchev–Trinajstić information content (AvgIpc) is 2.86. The summed E-state index contributed by atoms with van der Waals surface area (Å²) in [5.74, 6) is -0.336. The van der Waals surface area contributed by atoms with Gasteiger partial charge < -0.3 is 14.2 Å². The van der Waals surface area contributed by atoms with E-state index >= 15 is 0 Å². The molecule has 0 saturated carbocycles. The van der Waals surface area contributed by atoms with Crippen molar-refractivity contribution < 1.29 is 32.2 Å². The normalized spacial score (nSPS) is 11.1. The maximum atomic E-state index is 12.5. The highest BCUT2D eigenvalue weighted by molar-refractivity contribution is 7.95. The summed E-state index contributed by atoms with van der Waals surface area (Å²) < 4.78 is 42.3. The summed E-state index contributed by atoms with van der Waals surface area (Å²) in [7, 11) is -0.825. The van der Waals surface area contributed by atoms with Crippen LogP contribution in [0.25, 0.3) is 6.08 Å². The van der Waals surface area contributed by atoms with Gasteiger partial charge in [-0.1, -0.05) is 30.3 Å². The third-order valence-corrected chi connectivity index (χ3v) is 5.68. The highest BCUT2D eigenvalue weighted by atomic mass is 32.2. The predicted octanol–water partition coefficient (Wildman–Crippen LogP) is 4.16. The molecule has 0 aromatic heterocycles. The Hall–Kier alpha value is -4.11. The lowest BCUT2D eigenvalue weighted by Crippen LogP contribution is -2.15. The van der Waals surface area contributed by atoms with Crippen molar-refractivity contribution in [2.45, 2.75) is 0 Å². The smallest absolute Gasteiger partial charge is 0.338 e. The van der Waals surface area contributed by atoms with Gasteiger partial charge in [-0.15, -0.1) is 0 Å². The molecule has 0 fully saturated rings. The number of ether oxygens (including phenoxy) is 3. The Bertz CT molecular complexity index is 1280. The monoisotopic (exact) mass is 481 g/mol. The second-order valence-electron chi connectivity index (χ2n) is 7.00. The number of Topliss-reactive ketones (excluding diaryl/α,β-unsaturated/α-hetero) is 1. The third kappa shape index (κ3) is 6.69. The van der Waals surface area contributed by atoms with Crippen LogP contribution in [0.3, 0.4) is 0 Å². The van der Waals surface area contributed by atoms with E-state index in [4.69, 9.17) is 14.2 Å². The van der Waals surface area contributed by atoms with Crippen LogP contribution in [0.1, 0.15) is 26.3 Å². The molecule has 0 aliphatic carbocycles. The van der Waals surface area contributed by atoms with E-state index < -0.39 is 28.4 Å². The zero-order valence-corrected chi connectivity index (χ0v) is 19.4.